The number of alkyl halides is 3. The predicted octanol–water partition coefficient (Wildman–Crippen LogP) is 3.62. The van der Waals surface area contributed by atoms with E-state index in [-0.39, 0.29) is 22.6 Å². The number of carbonyl (C=O) groups excluding carboxylic acids is 1. The molecule has 4 rings (SSSR count). The summed E-state index contributed by atoms with van der Waals surface area (Å²) >= 11 is 0. The molecule has 36 heavy (non-hydrogen) atoms. The lowest BCUT2D eigenvalue weighted by molar-refractivity contribution is -0.129. The number of halogens is 3. The Bertz CT molecular complexity index is 1460. The third-order valence-corrected chi connectivity index (χ3v) is 6.66. The summed E-state index contributed by atoms with van der Waals surface area (Å²) in [4.78, 5) is 19.1. The van der Waals surface area contributed by atoms with Crippen LogP contribution < -0.4 is 14.7 Å². The molecule has 0 aromatic heterocycles. The Morgan fingerprint density at radius 2 is 1.67 bits per heavy atom. The molecule has 3 aromatic rings. The monoisotopic (exact) mass is 519 g/mol. The van der Waals surface area contributed by atoms with Crippen LogP contribution in [0.1, 0.15) is 11.1 Å². The fourth-order valence-electron chi connectivity index (χ4n) is 3.87. The van der Waals surface area contributed by atoms with Crippen LogP contribution >= 0.6 is 0 Å². The van der Waals surface area contributed by atoms with Gasteiger partial charge in [0, 0.05) is 12.6 Å². The standard InChI is InChI=1S/C24H20F3N3O5S/c1-30-21(31)23(29-22(30)28,16-8-4-3-5-9-16)17-11-12-20(35-36(32,33)24(25,26)27)19(14-17)15-7-6-10-18(13-15)34-2/h3-14H,1-2H3,(H2,28,29). The number of aliphatic imine (C=N–C) groups is 1. The number of guanidine groups is 1. The fraction of sp³-hybridized carbons (Fsp3) is 0.167. The van der Waals surface area contributed by atoms with Gasteiger partial charge in [0.1, 0.15) is 5.75 Å². The average molecular weight is 520 g/mol. The van der Waals surface area contributed by atoms with E-state index in [1.165, 1.54) is 38.4 Å². The number of ether oxygens (including phenoxy) is 1. The van der Waals surface area contributed by atoms with Crippen molar-refractivity contribution in [2.24, 2.45) is 10.7 Å². The van der Waals surface area contributed by atoms with Crippen molar-refractivity contribution in [1.82, 2.24) is 4.90 Å². The van der Waals surface area contributed by atoms with Crippen LogP contribution in [0.2, 0.25) is 0 Å². The van der Waals surface area contributed by atoms with Crippen molar-refractivity contribution in [2.45, 2.75) is 11.0 Å². The van der Waals surface area contributed by atoms with Crippen molar-refractivity contribution >= 4 is 22.0 Å². The van der Waals surface area contributed by atoms with Gasteiger partial charge in [0.25, 0.3) is 5.91 Å². The van der Waals surface area contributed by atoms with Gasteiger partial charge < -0.3 is 14.7 Å². The van der Waals surface area contributed by atoms with E-state index in [1.807, 2.05) is 0 Å². The van der Waals surface area contributed by atoms with Crippen molar-refractivity contribution in [2.75, 3.05) is 14.2 Å². The van der Waals surface area contributed by atoms with Gasteiger partial charge >= 0.3 is 15.6 Å². The Morgan fingerprint density at radius 3 is 2.25 bits per heavy atom. The van der Waals surface area contributed by atoms with Crippen LogP contribution in [0.5, 0.6) is 11.5 Å². The molecule has 0 aliphatic carbocycles. The van der Waals surface area contributed by atoms with E-state index in [2.05, 4.69) is 9.18 Å². The Hall–Kier alpha value is -4.06. The molecule has 3 aromatic carbocycles. The highest BCUT2D eigenvalue weighted by Crippen LogP contribution is 2.43. The molecular formula is C24H20F3N3O5S. The van der Waals surface area contributed by atoms with Gasteiger partial charge in [0.05, 0.1) is 7.11 Å². The number of hydrogen-bond donors (Lipinski definition) is 1. The summed E-state index contributed by atoms with van der Waals surface area (Å²) < 4.78 is 72.6. The highest BCUT2D eigenvalue weighted by atomic mass is 32.2. The van der Waals surface area contributed by atoms with Gasteiger partial charge in [-0.15, -0.1) is 0 Å². The first-order valence-corrected chi connectivity index (χ1v) is 11.8. The summed E-state index contributed by atoms with van der Waals surface area (Å²) in [7, 11) is -3.13. The van der Waals surface area contributed by atoms with Crippen LogP contribution in [0, 0.1) is 0 Å². The lowest BCUT2D eigenvalue weighted by Crippen LogP contribution is -2.41. The minimum Gasteiger partial charge on any atom is -0.497 e. The zero-order valence-corrected chi connectivity index (χ0v) is 19.8. The van der Waals surface area contributed by atoms with Crippen LogP contribution in [-0.2, 0) is 20.5 Å². The van der Waals surface area contributed by atoms with Crippen molar-refractivity contribution in [3.05, 3.63) is 83.9 Å². The number of hydrogen-bond acceptors (Lipinski definition) is 7. The molecule has 188 valence electrons. The molecule has 1 heterocycles. The van der Waals surface area contributed by atoms with Crippen molar-refractivity contribution < 1.29 is 35.3 Å². The second-order valence-corrected chi connectivity index (χ2v) is 9.37. The molecule has 1 aliphatic rings. The summed E-state index contributed by atoms with van der Waals surface area (Å²) in [5, 5.41) is 0. The largest absolute Gasteiger partial charge is 0.534 e. The fourth-order valence-corrected chi connectivity index (χ4v) is 4.35. The van der Waals surface area contributed by atoms with Crippen molar-refractivity contribution in [3.8, 4) is 22.6 Å². The maximum Gasteiger partial charge on any atom is 0.534 e. The van der Waals surface area contributed by atoms with Gasteiger partial charge in [0.15, 0.2) is 17.2 Å². The molecule has 1 aliphatic heterocycles. The molecule has 1 unspecified atom stereocenters. The summed E-state index contributed by atoms with van der Waals surface area (Å²) in [6.07, 6.45) is 0. The zero-order valence-electron chi connectivity index (χ0n) is 19.0. The number of nitrogens with zero attached hydrogens (tertiary/aromatic N) is 2. The van der Waals surface area contributed by atoms with Gasteiger partial charge in [0.2, 0.25) is 0 Å². The van der Waals surface area contributed by atoms with E-state index < -0.39 is 32.8 Å². The third kappa shape index (κ3) is 4.13. The summed E-state index contributed by atoms with van der Waals surface area (Å²) in [6, 6.07) is 18.4. The summed E-state index contributed by atoms with van der Waals surface area (Å²) in [6.45, 7) is 0. The molecule has 8 nitrogen and oxygen atoms in total. The van der Waals surface area contributed by atoms with Crippen LogP contribution in [0.15, 0.2) is 77.8 Å². The Balaban J connectivity index is 1.99. The highest BCUT2D eigenvalue weighted by molar-refractivity contribution is 7.88. The first kappa shape index (κ1) is 25.0. The first-order chi connectivity index (χ1) is 16.9. The number of methoxy groups -OCH3 is 1. The van der Waals surface area contributed by atoms with Gasteiger partial charge in [-0.1, -0.05) is 48.5 Å². The number of nitrogens with two attached hydrogens (primary N) is 1. The van der Waals surface area contributed by atoms with Crippen LogP contribution in [-0.4, -0.2) is 44.9 Å². The topological polar surface area (TPSA) is 111 Å². The molecule has 0 saturated carbocycles. The van der Waals surface area contributed by atoms with Gasteiger partial charge in [-0.25, -0.2) is 4.99 Å². The number of amides is 1. The lowest BCUT2D eigenvalue weighted by atomic mass is 9.81. The normalized spacial score (nSPS) is 18.2. The van der Waals surface area contributed by atoms with Crippen molar-refractivity contribution in [1.29, 1.82) is 0 Å². The molecule has 0 spiro atoms. The van der Waals surface area contributed by atoms with Crippen LogP contribution in [0.25, 0.3) is 11.1 Å². The Labute approximate surface area is 204 Å². The van der Waals surface area contributed by atoms with E-state index in [0.717, 1.165) is 11.0 Å². The van der Waals surface area contributed by atoms with Gasteiger partial charge in [-0.05, 0) is 41.0 Å². The molecule has 0 radical (unpaired) electrons. The quantitative estimate of drug-likeness (QED) is 0.393. The lowest BCUT2D eigenvalue weighted by Gasteiger charge is -2.27. The number of likely N-dealkylation sites (N-methyl/N-ethyl adjacent to an activating group) is 1. The van der Waals surface area contributed by atoms with E-state index in [0.29, 0.717) is 11.3 Å². The maximum absolute atomic E-state index is 13.5. The Morgan fingerprint density at radius 1 is 0.972 bits per heavy atom. The summed E-state index contributed by atoms with van der Waals surface area (Å²) in [5.74, 6) is -0.798. The molecule has 12 heteroatoms. The van der Waals surface area contributed by atoms with E-state index >= 15 is 0 Å². The second-order valence-electron chi connectivity index (χ2n) is 7.84. The van der Waals surface area contributed by atoms with Gasteiger partial charge in [-0.2, -0.15) is 21.6 Å². The van der Waals surface area contributed by atoms with Gasteiger partial charge in [-0.3, -0.25) is 9.69 Å². The zero-order chi connectivity index (χ0) is 26.3. The molecule has 0 bridgehead atoms. The molecule has 0 saturated heterocycles. The smallest absolute Gasteiger partial charge is 0.497 e. The number of carbonyl (C=O) groups is 1. The van der Waals surface area contributed by atoms with E-state index in [4.69, 9.17) is 10.5 Å². The van der Waals surface area contributed by atoms with Crippen LogP contribution in [0.4, 0.5) is 13.2 Å². The molecule has 2 N–H and O–H groups in total. The van der Waals surface area contributed by atoms with E-state index in [1.54, 1.807) is 42.5 Å². The molecular weight excluding hydrogens is 499 g/mol. The SMILES string of the molecule is COc1cccc(-c2cc(C3(c4ccccc4)N=C(N)N(C)C3=O)ccc2OS(=O)(=O)C(F)(F)F)c1. The minimum atomic E-state index is -5.98. The minimum absolute atomic E-state index is 0.0364. The molecule has 0 fully saturated rings. The Kier molecular flexibility index (Phi) is 6.17. The van der Waals surface area contributed by atoms with Crippen LogP contribution in [0.3, 0.4) is 0 Å². The third-order valence-electron chi connectivity index (χ3n) is 5.69. The summed E-state index contributed by atoms with van der Waals surface area (Å²) in [5.41, 5.74) is -0.394. The predicted molar refractivity (Wildman–Crippen MR) is 126 cm³/mol. The second kappa shape index (κ2) is 8.86. The highest BCUT2D eigenvalue weighted by Gasteiger charge is 2.51. The number of benzene rings is 3. The average Bonchev–Trinajstić information content (AvgIpc) is 3.08. The molecule has 1 atom stereocenters. The van der Waals surface area contributed by atoms with Crippen molar-refractivity contribution in [3.63, 3.8) is 0 Å². The molecule has 1 amide bonds. The maximum atomic E-state index is 13.5. The van der Waals surface area contributed by atoms with E-state index in [9.17, 15) is 26.4 Å². The number of rotatable bonds is 6. The first-order valence-electron chi connectivity index (χ1n) is 10.4.